The van der Waals surface area contributed by atoms with E-state index in [9.17, 15) is 0 Å². The highest BCUT2D eigenvalue weighted by Gasteiger charge is 2.19. The van der Waals surface area contributed by atoms with Gasteiger partial charge in [0.1, 0.15) is 0 Å². The molecule has 2 rings (SSSR count). The number of hydrogen-bond acceptors (Lipinski definition) is 3. The van der Waals surface area contributed by atoms with E-state index < -0.39 is 0 Å². The molecule has 1 aromatic rings. The van der Waals surface area contributed by atoms with Gasteiger partial charge in [-0.25, -0.2) is 0 Å². The lowest BCUT2D eigenvalue weighted by atomic mass is 10.0. The molecule has 1 atom stereocenters. The summed E-state index contributed by atoms with van der Waals surface area (Å²) in [6.45, 7) is 5.33. The van der Waals surface area contributed by atoms with E-state index in [2.05, 4.69) is 45.2 Å². The highest BCUT2D eigenvalue weighted by molar-refractivity contribution is 9.10. The van der Waals surface area contributed by atoms with Crippen molar-refractivity contribution in [3.05, 3.63) is 15.9 Å². The van der Waals surface area contributed by atoms with E-state index in [4.69, 9.17) is 0 Å². The Morgan fingerprint density at radius 3 is 2.79 bits per heavy atom. The van der Waals surface area contributed by atoms with Crippen LogP contribution in [0.5, 0.6) is 0 Å². The van der Waals surface area contributed by atoms with Crippen LogP contribution in [0.2, 0.25) is 0 Å². The van der Waals surface area contributed by atoms with Crippen LogP contribution in [0.1, 0.15) is 37.6 Å². The molecule has 0 radical (unpaired) electrons. The quantitative estimate of drug-likeness (QED) is 0.900. The number of halogens is 1. The number of aryl methyl sites for hydroxylation is 2. The second-order valence-electron chi connectivity index (χ2n) is 5.45. The van der Waals surface area contributed by atoms with Crippen LogP contribution in [-0.4, -0.2) is 40.9 Å². The fraction of sp³-hybridized carbons (Fsp3) is 0.786. The predicted molar refractivity (Wildman–Crippen MR) is 82.3 cm³/mol. The van der Waals surface area contributed by atoms with Crippen LogP contribution in [0.15, 0.2) is 4.47 Å². The topological polar surface area (TPSA) is 33.1 Å². The van der Waals surface area contributed by atoms with Crippen LogP contribution in [-0.2, 0) is 20.0 Å². The summed E-state index contributed by atoms with van der Waals surface area (Å²) in [5, 5.41) is 8.12. The Hall–Kier alpha value is -0.390. The molecule has 1 unspecified atom stereocenters. The monoisotopic (exact) mass is 328 g/mol. The summed E-state index contributed by atoms with van der Waals surface area (Å²) in [7, 11) is 4.26. The van der Waals surface area contributed by atoms with Gasteiger partial charge in [0.15, 0.2) is 0 Å². The maximum atomic E-state index is 4.53. The van der Waals surface area contributed by atoms with Gasteiger partial charge in [-0.3, -0.25) is 4.68 Å². The molecular formula is C14H25BrN4. The van der Waals surface area contributed by atoms with Crippen molar-refractivity contribution in [3.63, 3.8) is 0 Å². The Morgan fingerprint density at radius 1 is 1.37 bits per heavy atom. The van der Waals surface area contributed by atoms with E-state index in [1.807, 2.05) is 11.7 Å². The van der Waals surface area contributed by atoms with Crippen molar-refractivity contribution in [3.8, 4) is 0 Å². The average molecular weight is 329 g/mol. The van der Waals surface area contributed by atoms with Crippen molar-refractivity contribution in [1.29, 1.82) is 0 Å². The summed E-state index contributed by atoms with van der Waals surface area (Å²) >= 11 is 3.67. The van der Waals surface area contributed by atoms with E-state index >= 15 is 0 Å². The molecule has 1 aliphatic rings. The molecule has 4 nitrogen and oxygen atoms in total. The van der Waals surface area contributed by atoms with Crippen molar-refractivity contribution in [2.24, 2.45) is 7.05 Å². The predicted octanol–water partition coefficient (Wildman–Crippen LogP) is 2.32. The van der Waals surface area contributed by atoms with Gasteiger partial charge in [0.05, 0.1) is 15.9 Å². The van der Waals surface area contributed by atoms with Crippen molar-refractivity contribution in [2.75, 3.05) is 20.1 Å². The highest BCUT2D eigenvalue weighted by Crippen LogP contribution is 2.21. The fourth-order valence-corrected chi connectivity index (χ4v) is 3.53. The number of likely N-dealkylation sites (tertiary alicyclic amines) is 1. The molecule has 0 saturated carbocycles. The molecule has 19 heavy (non-hydrogen) atoms. The lowest BCUT2D eigenvalue weighted by Gasteiger charge is -2.32. The minimum Gasteiger partial charge on any atom is -0.310 e. The Labute approximate surface area is 124 Å². The van der Waals surface area contributed by atoms with Gasteiger partial charge in [-0.15, -0.1) is 0 Å². The second-order valence-corrected chi connectivity index (χ2v) is 6.24. The van der Waals surface area contributed by atoms with Gasteiger partial charge >= 0.3 is 0 Å². The van der Waals surface area contributed by atoms with Gasteiger partial charge in [-0.1, -0.05) is 13.3 Å². The van der Waals surface area contributed by atoms with Crippen LogP contribution in [0.3, 0.4) is 0 Å². The van der Waals surface area contributed by atoms with Gasteiger partial charge in [0, 0.05) is 26.2 Å². The number of rotatable bonds is 5. The van der Waals surface area contributed by atoms with Crippen LogP contribution >= 0.6 is 15.9 Å². The highest BCUT2D eigenvalue weighted by atomic mass is 79.9. The van der Waals surface area contributed by atoms with Crippen molar-refractivity contribution in [2.45, 2.75) is 45.2 Å². The fourth-order valence-electron chi connectivity index (χ4n) is 2.77. The van der Waals surface area contributed by atoms with Gasteiger partial charge in [0.2, 0.25) is 0 Å². The minimum atomic E-state index is 0.686. The number of hydrogen-bond donors (Lipinski definition) is 1. The average Bonchev–Trinajstić information content (AvgIpc) is 2.68. The van der Waals surface area contributed by atoms with Gasteiger partial charge in [-0.05, 0) is 48.8 Å². The van der Waals surface area contributed by atoms with Crippen LogP contribution in [0.25, 0.3) is 0 Å². The molecule has 2 heterocycles. The maximum Gasteiger partial charge on any atom is 0.0767 e. The smallest absolute Gasteiger partial charge is 0.0767 e. The third-order valence-electron chi connectivity index (χ3n) is 4.10. The first-order valence-corrected chi connectivity index (χ1v) is 8.04. The number of likely N-dealkylation sites (N-methyl/N-ethyl adjacent to an activating group) is 1. The van der Waals surface area contributed by atoms with Crippen LogP contribution in [0.4, 0.5) is 0 Å². The molecule has 0 amide bonds. The largest absolute Gasteiger partial charge is 0.310 e. The molecule has 0 bridgehead atoms. The first-order valence-electron chi connectivity index (χ1n) is 7.24. The Bertz CT molecular complexity index is 416. The van der Waals surface area contributed by atoms with Crippen LogP contribution < -0.4 is 5.32 Å². The van der Waals surface area contributed by atoms with Crippen molar-refractivity contribution in [1.82, 2.24) is 20.0 Å². The first kappa shape index (κ1) is 15.0. The summed E-state index contributed by atoms with van der Waals surface area (Å²) in [6, 6.07) is 0.686. The maximum absolute atomic E-state index is 4.53. The van der Waals surface area contributed by atoms with Gasteiger partial charge < -0.3 is 10.2 Å². The standard InChI is InChI=1S/C14H25BrN4/c1-4-12-14(15)13(19(3)17-12)10-16-9-11-7-5-6-8-18(11)2/h11,16H,4-10H2,1-3H3. The normalized spacial score (nSPS) is 20.9. The lowest BCUT2D eigenvalue weighted by molar-refractivity contribution is 0.181. The van der Waals surface area contributed by atoms with Gasteiger partial charge in [0.25, 0.3) is 0 Å². The molecule has 0 aromatic carbocycles. The van der Waals surface area contributed by atoms with Crippen molar-refractivity contribution < 1.29 is 0 Å². The third kappa shape index (κ3) is 3.58. The van der Waals surface area contributed by atoms with E-state index in [1.165, 1.54) is 36.0 Å². The molecule has 0 spiro atoms. The third-order valence-corrected chi connectivity index (χ3v) is 5.01. The molecule has 1 aromatic heterocycles. The van der Waals surface area contributed by atoms with E-state index in [0.29, 0.717) is 6.04 Å². The van der Waals surface area contributed by atoms with E-state index in [0.717, 1.165) is 25.2 Å². The molecule has 1 fully saturated rings. The zero-order valence-electron chi connectivity index (χ0n) is 12.2. The second kappa shape index (κ2) is 6.86. The summed E-state index contributed by atoms with van der Waals surface area (Å²) < 4.78 is 3.16. The molecule has 1 N–H and O–H groups in total. The molecule has 1 aliphatic heterocycles. The molecular weight excluding hydrogens is 304 g/mol. The zero-order chi connectivity index (χ0) is 13.8. The Kier molecular flexibility index (Phi) is 5.42. The minimum absolute atomic E-state index is 0.686. The zero-order valence-corrected chi connectivity index (χ0v) is 13.8. The van der Waals surface area contributed by atoms with Gasteiger partial charge in [-0.2, -0.15) is 5.10 Å². The molecule has 5 heteroatoms. The first-order chi connectivity index (χ1) is 9.13. The molecule has 0 aliphatic carbocycles. The van der Waals surface area contributed by atoms with Crippen molar-refractivity contribution >= 4 is 15.9 Å². The molecule has 1 saturated heterocycles. The van der Waals surface area contributed by atoms with Crippen LogP contribution in [0, 0.1) is 0 Å². The summed E-state index contributed by atoms with van der Waals surface area (Å²) in [5.74, 6) is 0. The molecule has 108 valence electrons. The number of piperidine rings is 1. The van der Waals surface area contributed by atoms with E-state index in [1.54, 1.807) is 0 Å². The van der Waals surface area contributed by atoms with E-state index in [-0.39, 0.29) is 0 Å². The summed E-state index contributed by atoms with van der Waals surface area (Å²) in [6.07, 6.45) is 5.00. The summed E-state index contributed by atoms with van der Waals surface area (Å²) in [5.41, 5.74) is 2.39. The number of nitrogens with zero attached hydrogens (tertiary/aromatic N) is 3. The number of aromatic nitrogens is 2. The Balaban J connectivity index is 1.87. The SMILES string of the molecule is CCc1nn(C)c(CNCC2CCCCN2C)c1Br. The number of nitrogens with one attached hydrogen (secondary N) is 1. The lowest BCUT2D eigenvalue weighted by Crippen LogP contribution is -2.43. The summed E-state index contributed by atoms with van der Waals surface area (Å²) in [4.78, 5) is 2.48. The Morgan fingerprint density at radius 2 is 2.16 bits per heavy atom.